The number of aromatic nitrogens is 1. The van der Waals surface area contributed by atoms with Gasteiger partial charge < -0.3 is 9.72 Å². The molecule has 0 aliphatic carbocycles. The van der Waals surface area contributed by atoms with E-state index in [0.29, 0.717) is 0 Å². The Morgan fingerprint density at radius 2 is 1.86 bits per heavy atom. The predicted octanol–water partition coefficient (Wildman–Crippen LogP) is 2.33. The number of alkyl halides is 3. The van der Waals surface area contributed by atoms with E-state index < -0.39 is 29.7 Å². The van der Waals surface area contributed by atoms with Gasteiger partial charge in [0.05, 0.1) is 11.6 Å². The highest BCUT2D eigenvalue weighted by atomic mass is 19.4. The van der Waals surface area contributed by atoms with Gasteiger partial charge in [0.15, 0.2) is 5.78 Å². The first kappa shape index (κ1) is 15.0. The van der Waals surface area contributed by atoms with E-state index in [9.17, 15) is 27.2 Å². The van der Waals surface area contributed by atoms with E-state index in [1.165, 1.54) is 28.9 Å². The van der Waals surface area contributed by atoms with Crippen LogP contribution in [0.15, 0.2) is 30.6 Å². The molecular formula is C13H10F4N2O2. The second kappa shape index (κ2) is 5.19. The van der Waals surface area contributed by atoms with Gasteiger partial charge in [0, 0.05) is 18.0 Å². The van der Waals surface area contributed by atoms with Crippen LogP contribution in [0.5, 0.6) is 0 Å². The minimum atomic E-state index is -5.07. The summed E-state index contributed by atoms with van der Waals surface area (Å²) in [6.07, 6.45) is -2.22. The number of carbonyl (C=O) groups excluding carboxylic acids is 2. The molecule has 2 rings (SSSR count). The SMILES string of the molecule is CC(NC(=O)C(F)(F)F)C(=O)c1ccn2ccc(F)cc12. The van der Waals surface area contributed by atoms with E-state index >= 15 is 0 Å². The van der Waals surface area contributed by atoms with Gasteiger partial charge in [-0.3, -0.25) is 9.59 Å². The molecule has 0 saturated heterocycles. The summed E-state index contributed by atoms with van der Waals surface area (Å²) in [5.41, 5.74) is 0.248. The Bertz CT molecular complexity index is 706. The van der Waals surface area contributed by atoms with Gasteiger partial charge in [-0.25, -0.2) is 4.39 Å². The average Bonchev–Trinajstić information content (AvgIpc) is 2.79. The van der Waals surface area contributed by atoms with Gasteiger partial charge in [-0.15, -0.1) is 0 Å². The van der Waals surface area contributed by atoms with Crippen LogP contribution < -0.4 is 5.32 Å². The molecule has 0 aromatic carbocycles. The Hall–Kier alpha value is -2.38. The van der Waals surface area contributed by atoms with Gasteiger partial charge in [0.25, 0.3) is 0 Å². The Kier molecular flexibility index (Phi) is 3.71. The fraction of sp³-hybridized carbons (Fsp3) is 0.231. The monoisotopic (exact) mass is 302 g/mol. The largest absolute Gasteiger partial charge is 0.471 e. The highest BCUT2D eigenvalue weighted by Crippen LogP contribution is 2.18. The van der Waals surface area contributed by atoms with Gasteiger partial charge in [-0.2, -0.15) is 13.2 Å². The van der Waals surface area contributed by atoms with Gasteiger partial charge >= 0.3 is 12.1 Å². The second-order valence-electron chi connectivity index (χ2n) is 4.42. The van der Waals surface area contributed by atoms with E-state index in [2.05, 4.69) is 0 Å². The van der Waals surface area contributed by atoms with Crippen LogP contribution in [0.1, 0.15) is 17.3 Å². The summed E-state index contributed by atoms with van der Waals surface area (Å²) in [5.74, 6) is -3.51. The van der Waals surface area contributed by atoms with Crippen molar-refractivity contribution in [3.8, 4) is 0 Å². The Morgan fingerprint density at radius 1 is 1.24 bits per heavy atom. The molecule has 0 aliphatic heterocycles. The molecule has 0 aliphatic rings. The van der Waals surface area contributed by atoms with Crippen molar-refractivity contribution < 1.29 is 27.2 Å². The third kappa shape index (κ3) is 3.04. The number of hydrogen-bond donors (Lipinski definition) is 1. The number of amides is 1. The lowest BCUT2D eigenvalue weighted by molar-refractivity contribution is -0.173. The maximum atomic E-state index is 13.2. The predicted molar refractivity (Wildman–Crippen MR) is 65.3 cm³/mol. The van der Waals surface area contributed by atoms with Gasteiger partial charge in [0.2, 0.25) is 0 Å². The number of fused-ring (bicyclic) bond motifs is 1. The molecule has 0 bridgehead atoms. The smallest absolute Gasteiger partial charge is 0.338 e. The summed E-state index contributed by atoms with van der Waals surface area (Å²) >= 11 is 0. The second-order valence-corrected chi connectivity index (χ2v) is 4.42. The number of halogens is 4. The summed E-state index contributed by atoms with van der Waals surface area (Å²) in [7, 11) is 0. The molecule has 1 amide bonds. The molecule has 112 valence electrons. The van der Waals surface area contributed by atoms with Crippen LogP contribution in [0.4, 0.5) is 17.6 Å². The van der Waals surface area contributed by atoms with Crippen molar-refractivity contribution in [3.63, 3.8) is 0 Å². The molecule has 2 aromatic heterocycles. The van der Waals surface area contributed by atoms with E-state index in [1.807, 2.05) is 0 Å². The molecular weight excluding hydrogens is 292 g/mol. The van der Waals surface area contributed by atoms with Crippen molar-refractivity contribution in [2.75, 3.05) is 0 Å². The van der Waals surface area contributed by atoms with E-state index in [1.54, 1.807) is 5.32 Å². The first-order chi connectivity index (χ1) is 9.70. The van der Waals surface area contributed by atoms with Crippen molar-refractivity contribution in [2.45, 2.75) is 19.1 Å². The van der Waals surface area contributed by atoms with Crippen molar-refractivity contribution in [3.05, 3.63) is 42.0 Å². The maximum absolute atomic E-state index is 13.2. The number of Topliss-reactive ketones (excluding diaryl/α,β-unsaturated/α-hetero) is 1. The minimum Gasteiger partial charge on any atom is -0.338 e. The van der Waals surface area contributed by atoms with Crippen LogP contribution in [0, 0.1) is 5.82 Å². The van der Waals surface area contributed by atoms with Crippen LogP contribution in [0.3, 0.4) is 0 Å². The fourth-order valence-corrected chi connectivity index (χ4v) is 1.86. The van der Waals surface area contributed by atoms with Gasteiger partial charge in [-0.05, 0) is 25.1 Å². The molecule has 1 atom stereocenters. The topological polar surface area (TPSA) is 50.6 Å². The number of rotatable bonds is 3. The number of pyridine rings is 1. The molecule has 0 fully saturated rings. The van der Waals surface area contributed by atoms with Crippen LogP contribution in [0.25, 0.3) is 5.52 Å². The summed E-state index contributed by atoms with van der Waals surface area (Å²) in [4.78, 5) is 22.9. The lowest BCUT2D eigenvalue weighted by Crippen LogP contribution is -2.45. The molecule has 0 radical (unpaired) electrons. The molecule has 2 aromatic rings. The van der Waals surface area contributed by atoms with E-state index in [4.69, 9.17) is 0 Å². The molecule has 0 spiro atoms. The van der Waals surface area contributed by atoms with Crippen LogP contribution >= 0.6 is 0 Å². The average molecular weight is 302 g/mol. The fourth-order valence-electron chi connectivity index (χ4n) is 1.86. The minimum absolute atomic E-state index is 0.0319. The lowest BCUT2D eigenvalue weighted by Gasteiger charge is -2.14. The van der Waals surface area contributed by atoms with E-state index in [-0.39, 0.29) is 11.1 Å². The summed E-state index contributed by atoms with van der Waals surface area (Å²) in [6, 6.07) is 2.24. The van der Waals surface area contributed by atoms with Crippen molar-refractivity contribution in [1.29, 1.82) is 0 Å². The molecule has 8 heteroatoms. The first-order valence-electron chi connectivity index (χ1n) is 5.88. The van der Waals surface area contributed by atoms with Crippen molar-refractivity contribution in [1.82, 2.24) is 9.72 Å². The molecule has 21 heavy (non-hydrogen) atoms. The van der Waals surface area contributed by atoms with Gasteiger partial charge in [-0.1, -0.05) is 0 Å². The summed E-state index contributed by atoms with van der Waals surface area (Å²) < 4.78 is 51.1. The zero-order chi connectivity index (χ0) is 15.8. The third-order valence-electron chi connectivity index (χ3n) is 2.89. The summed E-state index contributed by atoms with van der Waals surface area (Å²) in [5, 5.41) is 1.57. The molecule has 4 nitrogen and oxygen atoms in total. The van der Waals surface area contributed by atoms with Crippen molar-refractivity contribution >= 4 is 17.2 Å². The number of carbonyl (C=O) groups is 2. The molecule has 0 saturated carbocycles. The van der Waals surface area contributed by atoms with Crippen LogP contribution in [-0.2, 0) is 4.79 Å². The first-order valence-corrected chi connectivity index (χ1v) is 5.88. The number of nitrogens with one attached hydrogen (secondary N) is 1. The highest BCUT2D eigenvalue weighted by Gasteiger charge is 2.40. The van der Waals surface area contributed by atoms with Crippen molar-refractivity contribution in [2.24, 2.45) is 0 Å². The Morgan fingerprint density at radius 3 is 2.48 bits per heavy atom. The summed E-state index contributed by atoms with van der Waals surface area (Å²) in [6.45, 7) is 1.13. The standard InChI is InChI=1S/C13H10F4N2O2/c1-7(18-12(21)13(15,16)17)11(20)9-3-5-19-4-2-8(14)6-10(9)19/h2-7H,1H3,(H,18,21). The molecule has 1 N–H and O–H groups in total. The lowest BCUT2D eigenvalue weighted by atomic mass is 10.1. The van der Waals surface area contributed by atoms with E-state index in [0.717, 1.165) is 13.0 Å². The molecule has 1 unspecified atom stereocenters. The molecule has 2 heterocycles. The quantitative estimate of drug-likeness (QED) is 0.699. The Balaban J connectivity index is 2.26. The highest BCUT2D eigenvalue weighted by molar-refractivity contribution is 6.07. The zero-order valence-corrected chi connectivity index (χ0v) is 10.7. The zero-order valence-electron chi connectivity index (χ0n) is 10.7. The maximum Gasteiger partial charge on any atom is 0.471 e. The van der Waals surface area contributed by atoms with Gasteiger partial charge in [0.1, 0.15) is 5.82 Å². The Labute approximate surface area is 116 Å². The number of hydrogen-bond acceptors (Lipinski definition) is 2. The normalized spacial score (nSPS) is 13.2. The number of ketones is 1. The number of nitrogens with zero attached hydrogens (tertiary/aromatic N) is 1. The van der Waals surface area contributed by atoms with Crippen LogP contribution in [0.2, 0.25) is 0 Å². The van der Waals surface area contributed by atoms with Crippen LogP contribution in [-0.4, -0.2) is 28.3 Å². The third-order valence-corrected chi connectivity index (χ3v) is 2.89.